The van der Waals surface area contributed by atoms with Gasteiger partial charge in [-0.3, -0.25) is 0 Å². The summed E-state index contributed by atoms with van der Waals surface area (Å²) in [5.74, 6) is 0.223. The van der Waals surface area contributed by atoms with Gasteiger partial charge in [0, 0.05) is 17.6 Å². The number of hydrogen-bond donors (Lipinski definition) is 2. The monoisotopic (exact) mass is 318 g/mol. The quantitative estimate of drug-likeness (QED) is 0.848. The zero-order chi connectivity index (χ0) is 15.5. The fourth-order valence-electron chi connectivity index (χ4n) is 1.81. The smallest absolute Gasteiger partial charge is 0.241 e. The second kappa shape index (κ2) is 6.89. The van der Waals surface area contributed by atoms with E-state index in [1.165, 1.54) is 6.07 Å². The highest BCUT2D eigenvalue weighted by atomic mass is 35.5. The fourth-order valence-corrected chi connectivity index (χ4v) is 3.82. The molecule has 0 aliphatic heterocycles. The largest absolute Gasteiger partial charge is 0.316 e. The summed E-state index contributed by atoms with van der Waals surface area (Å²) in [6.45, 7) is 8.19. The molecule has 1 unspecified atom stereocenters. The van der Waals surface area contributed by atoms with Gasteiger partial charge in [0.05, 0.1) is 4.90 Å². The van der Waals surface area contributed by atoms with Crippen molar-refractivity contribution < 1.29 is 8.42 Å². The summed E-state index contributed by atoms with van der Waals surface area (Å²) in [6.07, 6.45) is 0. The number of benzene rings is 1. The maximum absolute atomic E-state index is 12.5. The van der Waals surface area contributed by atoms with Gasteiger partial charge in [-0.1, -0.05) is 25.4 Å². The van der Waals surface area contributed by atoms with Crippen molar-refractivity contribution in [3.63, 3.8) is 0 Å². The van der Waals surface area contributed by atoms with E-state index >= 15 is 0 Å². The standard InChI is InChI=1S/C14H23ClN2O2S/c1-9(2)11(4)17-20(18,19)14-7-13(15)6-12(8-16-5)10(14)3/h6-7,9,11,16-17H,8H2,1-5H3. The summed E-state index contributed by atoms with van der Waals surface area (Å²) < 4.78 is 27.7. The Morgan fingerprint density at radius 3 is 2.35 bits per heavy atom. The van der Waals surface area contributed by atoms with Crippen LogP contribution in [0.25, 0.3) is 0 Å². The van der Waals surface area contributed by atoms with Crippen LogP contribution in [0.3, 0.4) is 0 Å². The molecule has 0 aliphatic rings. The molecule has 6 heteroatoms. The lowest BCUT2D eigenvalue weighted by molar-refractivity contribution is 0.476. The normalized spacial score (nSPS) is 13.8. The molecule has 0 radical (unpaired) electrons. The molecule has 0 aromatic heterocycles. The molecule has 0 saturated carbocycles. The first-order valence-corrected chi connectivity index (χ1v) is 8.51. The number of nitrogens with one attached hydrogen (secondary N) is 2. The minimum absolute atomic E-state index is 0.133. The van der Waals surface area contributed by atoms with Crippen LogP contribution in [0.15, 0.2) is 17.0 Å². The van der Waals surface area contributed by atoms with Gasteiger partial charge in [-0.05, 0) is 50.1 Å². The van der Waals surface area contributed by atoms with E-state index in [9.17, 15) is 8.42 Å². The second-order valence-corrected chi connectivity index (χ2v) is 7.49. The molecule has 0 fully saturated rings. The van der Waals surface area contributed by atoms with Crippen LogP contribution >= 0.6 is 11.6 Å². The molecule has 0 aliphatic carbocycles. The predicted octanol–water partition coefficient (Wildman–Crippen LogP) is 2.69. The number of sulfonamides is 1. The Hall–Kier alpha value is -0.620. The maximum atomic E-state index is 12.5. The van der Waals surface area contributed by atoms with Crippen LogP contribution in [0, 0.1) is 12.8 Å². The van der Waals surface area contributed by atoms with Gasteiger partial charge in [-0.2, -0.15) is 0 Å². The molecule has 0 spiro atoms. The minimum Gasteiger partial charge on any atom is -0.316 e. The topological polar surface area (TPSA) is 58.2 Å². The average molecular weight is 319 g/mol. The lowest BCUT2D eigenvalue weighted by Gasteiger charge is -2.19. The number of rotatable bonds is 6. The maximum Gasteiger partial charge on any atom is 0.241 e. The van der Waals surface area contributed by atoms with E-state index in [0.717, 1.165) is 11.1 Å². The van der Waals surface area contributed by atoms with Crippen LogP contribution in [0.1, 0.15) is 31.9 Å². The first-order chi connectivity index (χ1) is 9.19. The van der Waals surface area contributed by atoms with E-state index in [-0.39, 0.29) is 16.9 Å². The Bertz CT molecular complexity index is 571. The molecule has 0 amide bonds. The fraction of sp³-hybridized carbons (Fsp3) is 0.571. The third-order valence-corrected chi connectivity index (χ3v) is 5.33. The molecule has 114 valence electrons. The molecule has 0 bridgehead atoms. The molecule has 1 aromatic carbocycles. The van der Waals surface area contributed by atoms with Crippen LogP contribution in [0.4, 0.5) is 0 Å². The van der Waals surface area contributed by atoms with Gasteiger partial charge in [-0.25, -0.2) is 13.1 Å². The zero-order valence-corrected chi connectivity index (χ0v) is 14.2. The van der Waals surface area contributed by atoms with E-state index in [0.29, 0.717) is 11.6 Å². The van der Waals surface area contributed by atoms with Gasteiger partial charge in [0.2, 0.25) is 10.0 Å². The molecule has 0 heterocycles. The van der Waals surface area contributed by atoms with Crippen molar-refractivity contribution in [2.45, 2.75) is 45.2 Å². The van der Waals surface area contributed by atoms with Gasteiger partial charge >= 0.3 is 0 Å². The molecule has 1 rings (SSSR count). The molecule has 2 N–H and O–H groups in total. The van der Waals surface area contributed by atoms with Crippen molar-refractivity contribution in [3.8, 4) is 0 Å². The highest BCUT2D eigenvalue weighted by Gasteiger charge is 2.22. The van der Waals surface area contributed by atoms with Crippen molar-refractivity contribution in [2.24, 2.45) is 5.92 Å². The number of hydrogen-bond acceptors (Lipinski definition) is 3. The summed E-state index contributed by atoms with van der Waals surface area (Å²) in [4.78, 5) is 0.253. The van der Waals surface area contributed by atoms with E-state index < -0.39 is 10.0 Å². The van der Waals surface area contributed by atoms with Gasteiger partial charge in [0.25, 0.3) is 0 Å². The van der Waals surface area contributed by atoms with Crippen molar-refractivity contribution in [1.82, 2.24) is 10.0 Å². The third kappa shape index (κ3) is 4.19. The summed E-state index contributed by atoms with van der Waals surface area (Å²) in [7, 11) is -1.75. The summed E-state index contributed by atoms with van der Waals surface area (Å²) in [5.41, 5.74) is 1.62. The minimum atomic E-state index is -3.56. The molecule has 20 heavy (non-hydrogen) atoms. The lowest BCUT2D eigenvalue weighted by atomic mass is 10.1. The molecule has 4 nitrogen and oxygen atoms in total. The predicted molar refractivity (Wildman–Crippen MR) is 83.6 cm³/mol. The number of halogens is 1. The van der Waals surface area contributed by atoms with Crippen LogP contribution in [0.2, 0.25) is 5.02 Å². The van der Waals surface area contributed by atoms with Crippen molar-refractivity contribution in [3.05, 3.63) is 28.3 Å². The second-order valence-electron chi connectivity index (χ2n) is 5.37. The first kappa shape index (κ1) is 17.4. The SMILES string of the molecule is CNCc1cc(Cl)cc(S(=O)(=O)NC(C)C(C)C)c1C. The van der Waals surface area contributed by atoms with E-state index in [1.807, 2.05) is 27.8 Å². The Kier molecular flexibility index (Phi) is 6.01. The average Bonchev–Trinajstić information content (AvgIpc) is 2.32. The van der Waals surface area contributed by atoms with Crippen LogP contribution < -0.4 is 10.0 Å². The molecule has 1 atom stereocenters. The molecule has 0 saturated heterocycles. The molecule has 1 aromatic rings. The van der Waals surface area contributed by atoms with E-state index in [4.69, 9.17) is 11.6 Å². The van der Waals surface area contributed by atoms with Gasteiger partial charge in [0.15, 0.2) is 0 Å². The van der Waals surface area contributed by atoms with Crippen LogP contribution in [-0.2, 0) is 16.6 Å². The van der Waals surface area contributed by atoms with Crippen LogP contribution in [-0.4, -0.2) is 21.5 Å². The van der Waals surface area contributed by atoms with Gasteiger partial charge < -0.3 is 5.32 Å². The van der Waals surface area contributed by atoms with Gasteiger partial charge in [-0.15, -0.1) is 0 Å². The summed E-state index contributed by atoms with van der Waals surface area (Å²) in [5, 5.41) is 3.44. The van der Waals surface area contributed by atoms with Crippen molar-refractivity contribution >= 4 is 21.6 Å². The highest BCUT2D eigenvalue weighted by Crippen LogP contribution is 2.25. The third-order valence-electron chi connectivity index (χ3n) is 3.43. The zero-order valence-electron chi connectivity index (χ0n) is 12.6. The summed E-state index contributed by atoms with van der Waals surface area (Å²) >= 11 is 6.04. The Morgan fingerprint density at radius 2 is 1.85 bits per heavy atom. The first-order valence-electron chi connectivity index (χ1n) is 6.65. The Morgan fingerprint density at radius 1 is 1.25 bits per heavy atom. The highest BCUT2D eigenvalue weighted by molar-refractivity contribution is 7.89. The molecular formula is C14H23ClN2O2S. The van der Waals surface area contributed by atoms with Gasteiger partial charge in [0.1, 0.15) is 0 Å². The van der Waals surface area contributed by atoms with E-state index in [1.54, 1.807) is 13.0 Å². The van der Waals surface area contributed by atoms with Crippen LogP contribution in [0.5, 0.6) is 0 Å². The Balaban J connectivity index is 3.24. The van der Waals surface area contributed by atoms with Crippen molar-refractivity contribution in [2.75, 3.05) is 7.05 Å². The lowest BCUT2D eigenvalue weighted by Crippen LogP contribution is -2.36. The summed E-state index contributed by atoms with van der Waals surface area (Å²) in [6, 6.07) is 3.16. The van der Waals surface area contributed by atoms with Crippen molar-refractivity contribution in [1.29, 1.82) is 0 Å². The molecular weight excluding hydrogens is 296 g/mol. The Labute approximate surface area is 127 Å². The van der Waals surface area contributed by atoms with E-state index in [2.05, 4.69) is 10.0 Å².